The van der Waals surface area contributed by atoms with Crippen molar-refractivity contribution < 1.29 is 0 Å². The summed E-state index contributed by atoms with van der Waals surface area (Å²) in [5, 5.41) is 5.81. The topological polar surface area (TPSA) is 56.7 Å². The lowest BCUT2D eigenvalue weighted by Crippen LogP contribution is -2.12. The van der Waals surface area contributed by atoms with Crippen LogP contribution in [-0.2, 0) is 12.8 Å². The highest BCUT2D eigenvalue weighted by atomic mass is 35.5. The van der Waals surface area contributed by atoms with Crippen LogP contribution in [0.5, 0.6) is 0 Å². The molecule has 2 aromatic rings. The molecule has 0 aliphatic heterocycles. The lowest BCUT2D eigenvalue weighted by molar-refractivity contribution is 0.502. The van der Waals surface area contributed by atoms with Gasteiger partial charge in [0.25, 0.3) is 0 Å². The van der Waals surface area contributed by atoms with E-state index in [1.807, 2.05) is 22.9 Å². The van der Waals surface area contributed by atoms with Crippen LogP contribution in [0, 0.1) is 0 Å². The Hall–Kier alpha value is -0.810. The van der Waals surface area contributed by atoms with Gasteiger partial charge in [0.05, 0.1) is 0 Å². The van der Waals surface area contributed by atoms with Gasteiger partial charge in [0.1, 0.15) is 5.82 Å². The number of hydrogen-bond acceptors (Lipinski definition) is 3. The number of rotatable bonds is 5. The summed E-state index contributed by atoms with van der Waals surface area (Å²) in [6.45, 7) is 4.69. The van der Waals surface area contributed by atoms with E-state index in [1.54, 1.807) is 0 Å². The molecule has 116 valence electrons. The maximum absolute atomic E-state index is 6.18. The second kappa shape index (κ2) is 7.99. The molecule has 7 heteroatoms. The van der Waals surface area contributed by atoms with Gasteiger partial charge in [0, 0.05) is 28.9 Å². The molecule has 2 rings (SSSR count). The molecule has 0 spiro atoms. The third kappa shape index (κ3) is 4.33. The highest BCUT2D eigenvalue weighted by Crippen LogP contribution is 2.26. The Morgan fingerprint density at radius 3 is 2.38 bits per heavy atom. The minimum Gasteiger partial charge on any atom is -0.330 e. The van der Waals surface area contributed by atoms with Crippen molar-refractivity contribution in [2.75, 3.05) is 6.54 Å². The summed E-state index contributed by atoms with van der Waals surface area (Å²) in [6.07, 6.45) is 1.23. The normalized spacial score (nSPS) is 10.8. The highest BCUT2D eigenvalue weighted by molar-refractivity contribution is 6.36. The first-order valence-electron chi connectivity index (χ1n) is 6.60. The summed E-state index contributed by atoms with van der Waals surface area (Å²) in [4.78, 5) is 4.55. The Balaban J connectivity index is 0.00000220. The molecular weight excluding hydrogens is 331 g/mol. The molecule has 2 N–H and O–H groups in total. The van der Waals surface area contributed by atoms with E-state index in [0.29, 0.717) is 29.4 Å². The molecule has 0 amide bonds. The van der Waals surface area contributed by atoms with Crippen molar-refractivity contribution in [2.45, 2.75) is 32.7 Å². The first kappa shape index (κ1) is 18.2. The maximum atomic E-state index is 6.18. The standard InChI is InChI=1S/C14H18Cl2N4.ClH/c1-9(2)20-14(6-7-17)18-13(19-20)8-10-11(15)4-3-5-12(10)16;/h3-5,9H,6-8,17H2,1-2H3;1H. The van der Waals surface area contributed by atoms with E-state index in [2.05, 4.69) is 23.9 Å². The van der Waals surface area contributed by atoms with Gasteiger partial charge in [-0.2, -0.15) is 5.10 Å². The average Bonchev–Trinajstić information content (AvgIpc) is 2.78. The summed E-state index contributed by atoms with van der Waals surface area (Å²) in [7, 11) is 0. The molecule has 0 aliphatic carbocycles. The lowest BCUT2D eigenvalue weighted by atomic mass is 10.1. The molecule has 0 aliphatic rings. The van der Waals surface area contributed by atoms with Crippen LogP contribution in [0.2, 0.25) is 10.0 Å². The molecule has 0 bridgehead atoms. The molecule has 0 radical (unpaired) electrons. The van der Waals surface area contributed by atoms with Gasteiger partial charge in [-0.1, -0.05) is 29.3 Å². The van der Waals surface area contributed by atoms with Crippen LogP contribution in [0.4, 0.5) is 0 Å². The molecule has 1 aromatic carbocycles. The lowest BCUT2D eigenvalue weighted by Gasteiger charge is -2.07. The fraction of sp³-hybridized carbons (Fsp3) is 0.429. The Morgan fingerprint density at radius 2 is 1.86 bits per heavy atom. The summed E-state index contributed by atoms with van der Waals surface area (Å²) < 4.78 is 1.91. The van der Waals surface area contributed by atoms with E-state index >= 15 is 0 Å². The van der Waals surface area contributed by atoms with E-state index in [1.165, 1.54) is 0 Å². The van der Waals surface area contributed by atoms with Crippen LogP contribution in [0.3, 0.4) is 0 Å². The van der Waals surface area contributed by atoms with Crippen molar-refractivity contribution in [2.24, 2.45) is 5.73 Å². The van der Waals surface area contributed by atoms with Crippen LogP contribution in [-0.4, -0.2) is 21.3 Å². The molecule has 0 unspecified atom stereocenters. The van der Waals surface area contributed by atoms with E-state index < -0.39 is 0 Å². The van der Waals surface area contributed by atoms with Crippen LogP contribution < -0.4 is 5.73 Å². The van der Waals surface area contributed by atoms with Crippen molar-refractivity contribution in [3.05, 3.63) is 45.5 Å². The number of halogens is 3. The molecular formula is C14H19Cl3N4. The number of nitrogens with zero attached hydrogens (tertiary/aromatic N) is 3. The Morgan fingerprint density at radius 1 is 1.24 bits per heavy atom. The summed E-state index contributed by atoms with van der Waals surface area (Å²) in [5.74, 6) is 1.62. The van der Waals surface area contributed by atoms with Crippen molar-refractivity contribution in [3.63, 3.8) is 0 Å². The maximum Gasteiger partial charge on any atom is 0.155 e. The van der Waals surface area contributed by atoms with Gasteiger partial charge >= 0.3 is 0 Å². The zero-order chi connectivity index (χ0) is 14.7. The minimum atomic E-state index is 0. The first-order valence-corrected chi connectivity index (χ1v) is 7.35. The quantitative estimate of drug-likeness (QED) is 0.896. The molecule has 1 heterocycles. The van der Waals surface area contributed by atoms with E-state index in [-0.39, 0.29) is 18.4 Å². The van der Waals surface area contributed by atoms with Crippen molar-refractivity contribution in [3.8, 4) is 0 Å². The molecule has 0 atom stereocenters. The molecule has 21 heavy (non-hydrogen) atoms. The fourth-order valence-electron chi connectivity index (χ4n) is 2.05. The van der Waals surface area contributed by atoms with Gasteiger partial charge in [-0.15, -0.1) is 12.4 Å². The van der Waals surface area contributed by atoms with Gasteiger partial charge in [0.15, 0.2) is 5.82 Å². The zero-order valence-electron chi connectivity index (χ0n) is 12.0. The monoisotopic (exact) mass is 348 g/mol. The SMILES string of the molecule is CC(C)n1nc(Cc2c(Cl)cccc2Cl)nc1CCN.Cl. The third-order valence-corrected chi connectivity index (χ3v) is 3.71. The highest BCUT2D eigenvalue weighted by Gasteiger charge is 2.14. The molecule has 0 saturated heterocycles. The second-order valence-corrected chi connectivity index (χ2v) is 5.71. The molecule has 1 aromatic heterocycles. The Bertz CT molecular complexity index is 576. The van der Waals surface area contributed by atoms with E-state index in [4.69, 9.17) is 28.9 Å². The predicted octanol–water partition coefficient (Wildman–Crippen LogP) is 3.68. The second-order valence-electron chi connectivity index (χ2n) is 4.90. The predicted molar refractivity (Wildman–Crippen MR) is 89.7 cm³/mol. The number of benzene rings is 1. The summed E-state index contributed by atoms with van der Waals surface area (Å²) >= 11 is 12.4. The summed E-state index contributed by atoms with van der Waals surface area (Å²) in [6, 6.07) is 5.72. The van der Waals surface area contributed by atoms with Crippen LogP contribution in [0.15, 0.2) is 18.2 Å². The number of hydrogen-bond donors (Lipinski definition) is 1. The summed E-state index contributed by atoms with van der Waals surface area (Å²) in [5.41, 5.74) is 6.47. The largest absolute Gasteiger partial charge is 0.330 e. The number of nitrogens with two attached hydrogens (primary N) is 1. The van der Waals surface area contributed by atoms with Gasteiger partial charge in [-0.05, 0) is 38.1 Å². The Labute approximate surface area is 141 Å². The fourth-order valence-corrected chi connectivity index (χ4v) is 2.58. The zero-order valence-corrected chi connectivity index (χ0v) is 14.3. The van der Waals surface area contributed by atoms with Crippen molar-refractivity contribution in [1.29, 1.82) is 0 Å². The average molecular weight is 350 g/mol. The van der Waals surface area contributed by atoms with Gasteiger partial charge in [-0.3, -0.25) is 0 Å². The van der Waals surface area contributed by atoms with Crippen LogP contribution in [0.1, 0.15) is 37.1 Å². The third-order valence-electron chi connectivity index (χ3n) is 3.00. The van der Waals surface area contributed by atoms with Crippen molar-refractivity contribution in [1.82, 2.24) is 14.8 Å². The van der Waals surface area contributed by atoms with Gasteiger partial charge in [-0.25, -0.2) is 9.67 Å². The first-order chi connectivity index (χ1) is 9.52. The van der Waals surface area contributed by atoms with Gasteiger partial charge < -0.3 is 5.73 Å². The van der Waals surface area contributed by atoms with Gasteiger partial charge in [0.2, 0.25) is 0 Å². The van der Waals surface area contributed by atoms with Crippen molar-refractivity contribution >= 4 is 35.6 Å². The van der Waals surface area contributed by atoms with E-state index in [9.17, 15) is 0 Å². The number of aromatic nitrogens is 3. The molecule has 0 saturated carbocycles. The molecule has 0 fully saturated rings. The smallest absolute Gasteiger partial charge is 0.155 e. The van der Waals surface area contributed by atoms with Crippen LogP contribution >= 0.6 is 35.6 Å². The minimum absolute atomic E-state index is 0. The Kier molecular flexibility index (Phi) is 6.94. The van der Waals surface area contributed by atoms with Crippen LogP contribution in [0.25, 0.3) is 0 Å². The molecule has 4 nitrogen and oxygen atoms in total. The van der Waals surface area contributed by atoms with E-state index in [0.717, 1.165) is 17.2 Å².